The van der Waals surface area contributed by atoms with Gasteiger partial charge in [0.05, 0.1) is 13.7 Å². The number of pyridine rings is 2. The summed E-state index contributed by atoms with van der Waals surface area (Å²) in [5.41, 5.74) is 9.38. The smallest absolute Gasteiger partial charge is 0.308 e. The van der Waals surface area contributed by atoms with E-state index in [2.05, 4.69) is 36.9 Å². The molecule has 0 aliphatic carbocycles. The van der Waals surface area contributed by atoms with E-state index in [0.717, 1.165) is 69.9 Å². The number of hydrogen-bond acceptors (Lipinski definition) is 12. The number of aromatic nitrogens is 4. The first kappa shape index (κ1) is 28.4. The number of fused-ring (bicyclic) bond motifs is 2. The Labute approximate surface area is 255 Å². The summed E-state index contributed by atoms with van der Waals surface area (Å²) < 4.78 is 23.6. The molecule has 0 amide bonds. The van der Waals surface area contributed by atoms with Crippen molar-refractivity contribution < 1.29 is 18.3 Å². The van der Waals surface area contributed by atoms with Gasteiger partial charge in [0, 0.05) is 37.9 Å². The molecule has 0 radical (unpaired) electrons. The standard InChI is InChI=1S/C32H38N8O4/c1-3-42-27-19-21(6-7-24(27)41-2)20-38-15-10-22(11-16-38)39-17-12-23(13-18-39)40(31-36-29-25(43-31)5-4-14-34-29)32-37-30-26(44-32)8-9-28(33)35-30/h4-9,14,19,22-23H,3,10-13,15-18,20H2,1-2H3,(H2,33,35). The fourth-order valence-corrected chi connectivity index (χ4v) is 6.48. The molecule has 5 aromatic rings. The Morgan fingerprint density at radius 2 is 1.64 bits per heavy atom. The minimum absolute atomic E-state index is 0.0967. The van der Waals surface area contributed by atoms with Crippen molar-refractivity contribution >= 4 is 40.3 Å². The number of methoxy groups -OCH3 is 1. The zero-order chi connectivity index (χ0) is 30.0. The van der Waals surface area contributed by atoms with Gasteiger partial charge in [0.1, 0.15) is 5.82 Å². The van der Waals surface area contributed by atoms with Gasteiger partial charge in [0.15, 0.2) is 22.7 Å². The number of piperidine rings is 2. The first-order chi connectivity index (χ1) is 21.6. The van der Waals surface area contributed by atoms with Crippen LogP contribution < -0.4 is 20.1 Å². The summed E-state index contributed by atoms with van der Waals surface area (Å²) in [4.78, 5) is 25.3. The number of nitrogen functional groups attached to an aromatic ring is 1. The number of benzene rings is 1. The van der Waals surface area contributed by atoms with E-state index in [4.69, 9.17) is 29.0 Å². The van der Waals surface area contributed by atoms with Gasteiger partial charge in [-0.05, 0) is 87.7 Å². The molecular weight excluding hydrogens is 560 g/mol. The molecule has 12 heteroatoms. The van der Waals surface area contributed by atoms with Gasteiger partial charge in [0.2, 0.25) is 11.3 Å². The number of nitrogens with two attached hydrogens (primary N) is 1. The number of nitrogens with zero attached hydrogens (tertiary/aromatic N) is 7. The van der Waals surface area contributed by atoms with E-state index in [1.165, 1.54) is 5.56 Å². The summed E-state index contributed by atoms with van der Waals surface area (Å²) in [5, 5.41) is 0. The van der Waals surface area contributed by atoms with Crippen LogP contribution in [-0.4, -0.2) is 81.7 Å². The van der Waals surface area contributed by atoms with E-state index in [9.17, 15) is 0 Å². The third-order valence-corrected chi connectivity index (χ3v) is 8.70. The van der Waals surface area contributed by atoms with Gasteiger partial charge in [-0.2, -0.15) is 9.97 Å². The van der Waals surface area contributed by atoms with Crippen LogP contribution in [0.3, 0.4) is 0 Å². The Hall–Kier alpha value is -4.42. The SMILES string of the molecule is CCOc1cc(CN2CCC(N3CCC(N(c4nc5ncccc5o4)c4nc5nc(N)ccc5o4)CC3)CC2)ccc1OC. The zero-order valence-electron chi connectivity index (χ0n) is 25.2. The van der Waals surface area contributed by atoms with Gasteiger partial charge in [-0.25, -0.2) is 14.9 Å². The molecule has 2 saturated heterocycles. The van der Waals surface area contributed by atoms with E-state index in [1.54, 1.807) is 25.4 Å². The molecule has 6 heterocycles. The van der Waals surface area contributed by atoms with Gasteiger partial charge in [-0.1, -0.05) is 6.07 Å². The lowest BCUT2D eigenvalue weighted by atomic mass is 9.97. The van der Waals surface area contributed by atoms with E-state index in [-0.39, 0.29) is 6.04 Å². The number of ether oxygens (including phenoxy) is 2. The highest BCUT2D eigenvalue weighted by molar-refractivity contribution is 5.74. The third kappa shape index (κ3) is 5.74. The van der Waals surface area contributed by atoms with Crippen molar-refractivity contribution in [1.29, 1.82) is 0 Å². The Morgan fingerprint density at radius 3 is 2.36 bits per heavy atom. The van der Waals surface area contributed by atoms with E-state index in [0.29, 0.717) is 53.0 Å². The molecule has 2 aliphatic heterocycles. The summed E-state index contributed by atoms with van der Waals surface area (Å²) in [6, 6.07) is 15.0. The van der Waals surface area contributed by atoms with Crippen molar-refractivity contribution in [2.45, 2.75) is 51.2 Å². The summed E-state index contributed by atoms with van der Waals surface area (Å²) in [7, 11) is 1.68. The quantitative estimate of drug-likeness (QED) is 0.244. The molecule has 44 heavy (non-hydrogen) atoms. The number of anilines is 3. The van der Waals surface area contributed by atoms with Crippen LogP contribution in [0.15, 0.2) is 57.5 Å². The van der Waals surface area contributed by atoms with Crippen molar-refractivity contribution in [2.24, 2.45) is 0 Å². The van der Waals surface area contributed by atoms with E-state index < -0.39 is 0 Å². The lowest BCUT2D eigenvalue weighted by Crippen LogP contribution is -2.50. The maximum absolute atomic E-state index is 6.17. The highest BCUT2D eigenvalue weighted by atomic mass is 16.5. The monoisotopic (exact) mass is 598 g/mol. The molecule has 0 spiro atoms. The van der Waals surface area contributed by atoms with Crippen molar-refractivity contribution in [1.82, 2.24) is 29.7 Å². The van der Waals surface area contributed by atoms with Crippen molar-refractivity contribution in [3.63, 3.8) is 0 Å². The Bertz CT molecular complexity index is 1690. The second-order valence-corrected chi connectivity index (χ2v) is 11.4. The van der Waals surface area contributed by atoms with Crippen LogP contribution in [0.5, 0.6) is 11.5 Å². The predicted molar refractivity (Wildman–Crippen MR) is 167 cm³/mol. The van der Waals surface area contributed by atoms with Crippen LogP contribution in [-0.2, 0) is 6.54 Å². The fraction of sp³-hybridized carbons (Fsp3) is 0.438. The Kier molecular flexibility index (Phi) is 7.92. The number of rotatable bonds is 9. The number of likely N-dealkylation sites (tertiary alicyclic amines) is 2. The highest BCUT2D eigenvalue weighted by Crippen LogP contribution is 2.35. The lowest BCUT2D eigenvalue weighted by molar-refractivity contribution is 0.0844. The molecule has 0 atom stereocenters. The molecule has 1 aromatic carbocycles. The van der Waals surface area contributed by atoms with Crippen LogP contribution in [0.25, 0.3) is 22.5 Å². The molecule has 0 unspecified atom stereocenters. The van der Waals surface area contributed by atoms with Crippen LogP contribution >= 0.6 is 0 Å². The number of hydrogen-bond donors (Lipinski definition) is 1. The summed E-state index contributed by atoms with van der Waals surface area (Å²) in [5.74, 6) is 1.99. The molecule has 2 fully saturated rings. The molecule has 230 valence electrons. The summed E-state index contributed by atoms with van der Waals surface area (Å²) in [6.07, 6.45) is 5.86. The highest BCUT2D eigenvalue weighted by Gasteiger charge is 2.35. The van der Waals surface area contributed by atoms with Gasteiger partial charge >= 0.3 is 12.0 Å². The van der Waals surface area contributed by atoms with Crippen LogP contribution in [0.1, 0.15) is 38.2 Å². The first-order valence-corrected chi connectivity index (χ1v) is 15.4. The average molecular weight is 599 g/mol. The fourth-order valence-electron chi connectivity index (χ4n) is 6.48. The molecule has 7 rings (SSSR count). The molecular formula is C32H38N8O4. The van der Waals surface area contributed by atoms with Gasteiger partial charge < -0.3 is 28.9 Å². The lowest BCUT2D eigenvalue weighted by Gasteiger charge is -2.43. The average Bonchev–Trinajstić information content (AvgIpc) is 3.66. The molecule has 0 bridgehead atoms. The first-order valence-electron chi connectivity index (χ1n) is 15.4. The van der Waals surface area contributed by atoms with Gasteiger partial charge in [-0.15, -0.1) is 0 Å². The maximum Gasteiger partial charge on any atom is 0.308 e. The molecule has 2 N–H and O–H groups in total. The Morgan fingerprint density at radius 1 is 0.886 bits per heavy atom. The summed E-state index contributed by atoms with van der Waals surface area (Å²) >= 11 is 0. The zero-order valence-corrected chi connectivity index (χ0v) is 25.2. The summed E-state index contributed by atoms with van der Waals surface area (Å²) in [6.45, 7) is 7.63. The number of oxazole rings is 2. The second-order valence-electron chi connectivity index (χ2n) is 11.4. The van der Waals surface area contributed by atoms with Crippen molar-refractivity contribution in [2.75, 3.05) is 50.5 Å². The third-order valence-electron chi connectivity index (χ3n) is 8.70. The maximum atomic E-state index is 6.17. The van der Waals surface area contributed by atoms with Crippen LogP contribution in [0, 0.1) is 0 Å². The molecule has 0 saturated carbocycles. The predicted octanol–water partition coefficient (Wildman–Crippen LogP) is 5.02. The molecule has 12 nitrogen and oxygen atoms in total. The van der Waals surface area contributed by atoms with Gasteiger partial charge in [-0.3, -0.25) is 4.90 Å². The van der Waals surface area contributed by atoms with Crippen LogP contribution in [0.2, 0.25) is 0 Å². The van der Waals surface area contributed by atoms with Crippen LogP contribution in [0.4, 0.5) is 17.8 Å². The second kappa shape index (κ2) is 12.3. The van der Waals surface area contributed by atoms with Gasteiger partial charge in [0.25, 0.3) is 0 Å². The largest absolute Gasteiger partial charge is 0.493 e. The van der Waals surface area contributed by atoms with Crippen molar-refractivity contribution in [3.05, 3.63) is 54.2 Å². The minimum atomic E-state index is 0.0967. The Balaban J connectivity index is 1.01. The normalized spacial score (nSPS) is 17.4. The van der Waals surface area contributed by atoms with E-state index >= 15 is 0 Å². The molecule has 2 aliphatic rings. The molecule has 4 aromatic heterocycles. The minimum Gasteiger partial charge on any atom is -0.493 e. The topological polar surface area (TPSA) is 132 Å². The van der Waals surface area contributed by atoms with Crippen molar-refractivity contribution in [3.8, 4) is 11.5 Å². The van der Waals surface area contributed by atoms with E-state index in [1.807, 2.05) is 30.0 Å².